The van der Waals surface area contributed by atoms with Gasteiger partial charge in [0.2, 0.25) is 0 Å². The SMILES string of the molecule is CCS(=O)(=O)Cc1c(F)c(F)c(COC(=O)[C@@H]2[C@H](C=C(Cl)C(F)(F)F)C2(C)C)c(F)c1F. The molecule has 4 nitrogen and oxygen atoms in total. The molecule has 13 heteroatoms. The Labute approximate surface area is 184 Å². The molecule has 0 bridgehead atoms. The molecule has 0 N–H and O–H groups in total. The quantitative estimate of drug-likeness (QED) is 0.288. The van der Waals surface area contributed by atoms with Crippen LogP contribution in [0, 0.1) is 40.5 Å². The van der Waals surface area contributed by atoms with Crippen LogP contribution in [-0.2, 0) is 31.7 Å². The summed E-state index contributed by atoms with van der Waals surface area (Å²) in [4.78, 5) is 12.2. The van der Waals surface area contributed by atoms with Crippen LogP contribution in [0.15, 0.2) is 11.1 Å². The topological polar surface area (TPSA) is 60.4 Å². The van der Waals surface area contributed by atoms with Crippen molar-refractivity contribution in [3.05, 3.63) is 45.5 Å². The van der Waals surface area contributed by atoms with Crippen molar-refractivity contribution in [2.75, 3.05) is 5.75 Å². The summed E-state index contributed by atoms with van der Waals surface area (Å²) < 4.78 is 123. The van der Waals surface area contributed by atoms with Gasteiger partial charge in [0.1, 0.15) is 11.6 Å². The standard InChI is InChI=1S/C19H18ClF7O4S/c1-4-32(29,30)7-9-15(23)13(21)8(14(22)16(9)24)6-31-17(28)12-10(18(12,2)3)5-11(20)19(25,26)27/h5,10,12H,4,6-7H2,1-3H3/t10-,12-/m0/s1. The Bertz CT molecular complexity index is 1040. The van der Waals surface area contributed by atoms with Crippen LogP contribution < -0.4 is 0 Å². The van der Waals surface area contributed by atoms with Crippen molar-refractivity contribution in [2.24, 2.45) is 17.3 Å². The highest BCUT2D eigenvalue weighted by atomic mass is 35.5. The van der Waals surface area contributed by atoms with E-state index in [1.807, 2.05) is 0 Å². The number of halogens is 8. The van der Waals surface area contributed by atoms with Crippen molar-refractivity contribution in [1.82, 2.24) is 0 Å². The maximum atomic E-state index is 14.3. The molecule has 0 radical (unpaired) electrons. The number of rotatable bonds is 7. The fraction of sp³-hybridized carbons (Fsp3) is 0.526. The van der Waals surface area contributed by atoms with Gasteiger partial charge in [0.15, 0.2) is 33.1 Å². The molecule has 180 valence electrons. The molecule has 0 saturated heterocycles. The summed E-state index contributed by atoms with van der Waals surface area (Å²) >= 11 is 5.17. The van der Waals surface area contributed by atoms with Gasteiger partial charge in [-0.3, -0.25) is 4.79 Å². The number of ether oxygens (including phenoxy) is 1. The van der Waals surface area contributed by atoms with E-state index in [0.29, 0.717) is 6.08 Å². The minimum atomic E-state index is -4.83. The zero-order valence-corrected chi connectivity index (χ0v) is 18.5. The van der Waals surface area contributed by atoms with Crippen molar-refractivity contribution in [2.45, 2.75) is 39.3 Å². The lowest BCUT2D eigenvalue weighted by Crippen LogP contribution is -2.17. The molecule has 0 aliphatic heterocycles. The van der Waals surface area contributed by atoms with Crippen LogP contribution >= 0.6 is 11.6 Å². The molecule has 1 aliphatic rings. The van der Waals surface area contributed by atoms with Crippen LogP contribution in [0.25, 0.3) is 0 Å². The maximum absolute atomic E-state index is 14.3. The molecule has 1 aromatic carbocycles. The van der Waals surface area contributed by atoms with Gasteiger partial charge in [-0.25, -0.2) is 26.0 Å². The van der Waals surface area contributed by atoms with Crippen molar-refractivity contribution < 1.29 is 48.7 Å². The first-order chi connectivity index (χ1) is 14.5. The van der Waals surface area contributed by atoms with Gasteiger partial charge in [0.25, 0.3) is 0 Å². The van der Waals surface area contributed by atoms with Gasteiger partial charge in [-0.1, -0.05) is 38.4 Å². The van der Waals surface area contributed by atoms with Crippen molar-refractivity contribution in [1.29, 1.82) is 0 Å². The highest BCUT2D eigenvalue weighted by molar-refractivity contribution is 7.90. The largest absolute Gasteiger partial charge is 0.460 e. The first-order valence-electron chi connectivity index (χ1n) is 9.11. The zero-order chi connectivity index (χ0) is 24.8. The monoisotopic (exact) mass is 510 g/mol. The van der Waals surface area contributed by atoms with E-state index >= 15 is 0 Å². The minimum absolute atomic E-state index is 0.528. The third-order valence-electron chi connectivity index (χ3n) is 5.37. The number of allylic oxidation sites excluding steroid dienone is 2. The van der Waals surface area contributed by atoms with Gasteiger partial charge in [0, 0.05) is 11.3 Å². The Morgan fingerprint density at radius 1 is 1.06 bits per heavy atom. The van der Waals surface area contributed by atoms with Crippen LogP contribution in [0.1, 0.15) is 31.9 Å². The Morgan fingerprint density at radius 3 is 1.97 bits per heavy atom. The average Bonchev–Trinajstić information content (AvgIpc) is 3.22. The van der Waals surface area contributed by atoms with Gasteiger partial charge in [-0.15, -0.1) is 0 Å². The number of hydrogen-bond acceptors (Lipinski definition) is 4. The molecule has 0 heterocycles. The van der Waals surface area contributed by atoms with Crippen molar-refractivity contribution >= 4 is 27.4 Å². The molecule has 1 fully saturated rings. The Morgan fingerprint density at radius 2 is 1.53 bits per heavy atom. The number of carbonyl (C=O) groups excluding carboxylic acids is 1. The molecule has 0 unspecified atom stereocenters. The number of alkyl halides is 3. The van der Waals surface area contributed by atoms with E-state index < -0.39 is 96.8 Å². The zero-order valence-electron chi connectivity index (χ0n) is 16.9. The highest BCUT2D eigenvalue weighted by Crippen LogP contribution is 2.60. The summed E-state index contributed by atoms with van der Waals surface area (Å²) in [5, 5.41) is -1.45. The number of sulfone groups is 1. The van der Waals surface area contributed by atoms with E-state index in [0.717, 1.165) is 0 Å². The molecule has 1 aromatic rings. The minimum Gasteiger partial charge on any atom is -0.460 e. The molecule has 0 spiro atoms. The summed E-state index contributed by atoms with van der Waals surface area (Å²) in [6.45, 7) is 2.78. The Hall–Kier alpha value is -1.82. The normalized spacial score (nSPS) is 20.9. The predicted octanol–water partition coefficient (Wildman–Crippen LogP) is 5.18. The first kappa shape index (κ1) is 26.4. The summed E-state index contributed by atoms with van der Waals surface area (Å²) in [5.41, 5.74) is -3.65. The molecule has 0 aromatic heterocycles. The molecular weight excluding hydrogens is 493 g/mol. The lowest BCUT2D eigenvalue weighted by molar-refractivity contribution is -0.147. The lowest BCUT2D eigenvalue weighted by Gasteiger charge is -2.13. The van der Waals surface area contributed by atoms with E-state index in [2.05, 4.69) is 0 Å². The average molecular weight is 511 g/mol. The van der Waals surface area contributed by atoms with E-state index in [1.54, 1.807) is 0 Å². The lowest BCUT2D eigenvalue weighted by atomic mass is 10.1. The summed E-state index contributed by atoms with van der Waals surface area (Å²) in [6, 6.07) is 0. The molecule has 1 saturated carbocycles. The smallest absolute Gasteiger partial charge is 0.426 e. The fourth-order valence-electron chi connectivity index (χ4n) is 3.22. The summed E-state index contributed by atoms with van der Waals surface area (Å²) in [7, 11) is -4.03. The number of hydrogen-bond donors (Lipinski definition) is 0. The van der Waals surface area contributed by atoms with Crippen LogP contribution in [0.5, 0.6) is 0 Å². The first-order valence-corrected chi connectivity index (χ1v) is 11.3. The molecular formula is C19H18ClF7O4S. The van der Waals surface area contributed by atoms with Gasteiger partial charge < -0.3 is 4.74 Å². The number of carbonyl (C=O) groups is 1. The fourth-order valence-corrected chi connectivity index (χ4v) is 4.26. The Balaban J connectivity index is 2.24. The third kappa shape index (κ3) is 5.22. The van der Waals surface area contributed by atoms with Gasteiger partial charge in [-0.2, -0.15) is 13.2 Å². The molecule has 2 rings (SSSR count). The highest BCUT2D eigenvalue weighted by Gasteiger charge is 2.62. The van der Waals surface area contributed by atoms with Crippen LogP contribution in [0.4, 0.5) is 30.7 Å². The summed E-state index contributed by atoms with van der Waals surface area (Å²) in [5.74, 6) is -12.9. The van der Waals surface area contributed by atoms with E-state index in [9.17, 15) is 43.9 Å². The molecule has 1 aliphatic carbocycles. The van der Waals surface area contributed by atoms with E-state index in [-0.39, 0.29) is 0 Å². The van der Waals surface area contributed by atoms with Crippen LogP contribution in [-0.4, -0.2) is 26.3 Å². The predicted molar refractivity (Wildman–Crippen MR) is 100.0 cm³/mol. The second-order valence-corrected chi connectivity index (χ2v) is 10.6. The van der Waals surface area contributed by atoms with Gasteiger partial charge in [-0.05, 0) is 11.3 Å². The van der Waals surface area contributed by atoms with Crippen LogP contribution in [0.2, 0.25) is 0 Å². The van der Waals surface area contributed by atoms with Gasteiger partial charge in [0.05, 0.1) is 17.2 Å². The molecule has 2 atom stereocenters. The van der Waals surface area contributed by atoms with Gasteiger partial charge >= 0.3 is 12.1 Å². The molecule has 32 heavy (non-hydrogen) atoms. The second kappa shape index (κ2) is 8.85. The number of esters is 1. The number of benzene rings is 1. The van der Waals surface area contributed by atoms with E-state index in [1.165, 1.54) is 20.8 Å². The second-order valence-electron chi connectivity index (χ2n) is 7.83. The molecule has 0 amide bonds. The van der Waals surface area contributed by atoms with Crippen LogP contribution in [0.3, 0.4) is 0 Å². The van der Waals surface area contributed by atoms with E-state index in [4.69, 9.17) is 16.3 Å². The third-order valence-corrected chi connectivity index (χ3v) is 7.32. The maximum Gasteiger partial charge on any atom is 0.426 e. The van der Waals surface area contributed by atoms with Crippen molar-refractivity contribution in [3.8, 4) is 0 Å². The van der Waals surface area contributed by atoms with Crippen molar-refractivity contribution in [3.63, 3.8) is 0 Å². The Kier molecular flexibility index (Phi) is 7.31. The summed E-state index contributed by atoms with van der Waals surface area (Å²) in [6.07, 6.45) is -4.21.